The van der Waals surface area contributed by atoms with Crippen LogP contribution in [0, 0.1) is 11.3 Å². The lowest BCUT2D eigenvalue weighted by atomic mass is 9.81. The van der Waals surface area contributed by atoms with Gasteiger partial charge < -0.3 is 20.4 Å². The van der Waals surface area contributed by atoms with Gasteiger partial charge in [-0.05, 0) is 32.0 Å². The Morgan fingerprint density at radius 3 is 2.55 bits per heavy atom. The van der Waals surface area contributed by atoms with Gasteiger partial charge in [0, 0.05) is 42.7 Å². The Morgan fingerprint density at radius 2 is 1.88 bits per heavy atom. The number of nitriles is 1. The van der Waals surface area contributed by atoms with Crippen LogP contribution < -0.4 is 15.5 Å². The van der Waals surface area contributed by atoms with Crippen molar-refractivity contribution in [3.63, 3.8) is 0 Å². The van der Waals surface area contributed by atoms with Crippen LogP contribution in [0.25, 0.3) is 11.3 Å². The molecule has 2 aliphatic rings. The number of benzene rings is 1. The zero-order chi connectivity index (χ0) is 23.3. The molecule has 8 nitrogen and oxygen atoms in total. The molecule has 2 fully saturated rings. The number of anilines is 1. The van der Waals surface area contributed by atoms with E-state index in [9.17, 15) is 9.59 Å². The monoisotopic (exact) mass is 468 g/mol. The van der Waals surface area contributed by atoms with Crippen molar-refractivity contribution in [2.75, 3.05) is 44.7 Å². The molecule has 1 saturated heterocycles. The van der Waals surface area contributed by atoms with E-state index in [0.29, 0.717) is 18.4 Å². The summed E-state index contributed by atoms with van der Waals surface area (Å²) >= 11 is 1.64. The summed E-state index contributed by atoms with van der Waals surface area (Å²) < 4.78 is 0. The summed E-state index contributed by atoms with van der Waals surface area (Å²) in [6.45, 7) is 3.97. The van der Waals surface area contributed by atoms with Gasteiger partial charge in [0.1, 0.15) is 12.1 Å². The lowest BCUT2D eigenvalue weighted by Gasteiger charge is -2.36. The smallest absolute Gasteiger partial charge is 0.252 e. The first-order valence-corrected chi connectivity index (χ1v) is 12.4. The molecule has 1 aliphatic heterocycles. The van der Waals surface area contributed by atoms with Crippen molar-refractivity contribution in [3.8, 4) is 17.3 Å². The molecule has 0 radical (unpaired) electrons. The van der Waals surface area contributed by atoms with Crippen LogP contribution in [0.15, 0.2) is 29.6 Å². The van der Waals surface area contributed by atoms with E-state index in [1.54, 1.807) is 23.5 Å². The number of hydrogen-bond donors (Lipinski definition) is 2. The Kier molecular flexibility index (Phi) is 7.26. The largest absolute Gasteiger partial charge is 0.346 e. The van der Waals surface area contributed by atoms with Gasteiger partial charge in [-0.25, -0.2) is 4.98 Å². The average Bonchev–Trinajstić information content (AvgIpc) is 3.34. The number of thiazole rings is 1. The number of piperazine rings is 1. The molecule has 4 rings (SSSR count). The Bertz CT molecular complexity index is 1010. The number of hydrogen-bond acceptors (Lipinski definition) is 7. The number of nitrogens with one attached hydrogen (secondary N) is 2. The van der Waals surface area contributed by atoms with Crippen LogP contribution in [0.5, 0.6) is 0 Å². The molecule has 33 heavy (non-hydrogen) atoms. The fourth-order valence-corrected chi connectivity index (χ4v) is 5.36. The first-order valence-electron chi connectivity index (χ1n) is 11.5. The molecule has 174 valence electrons. The molecule has 1 aliphatic carbocycles. The molecule has 0 bridgehead atoms. The summed E-state index contributed by atoms with van der Waals surface area (Å²) in [7, 11) is 2.14. The van der Waals surface area contributed by atoms with Crippen molar-refractivity contribution in [2.45, 2.75) is 37.6 Å². The highest BCUT2D eigenvalue weighted by Crippen LogP contribution is 2.30. The minimum atomic E-state index is -0.947. The molecule has 2 heterocycles. The maximum absolute atomic E-state index is 13.0. The molecule has 2 amide bonds. The third-order valence-corrected chi connectivity index (χ3v) is 7.43. The molecule has 2 aromatic rings. The highest BCUT2D eigenvalue weighted by molar-refractivity contribution is 7.14. The van der Waals surface area contributed by atoms with Crippen LogP contribution in [-0.2, 0) is 4.79 Å². The van der Waals surface area contributed by atoms with Crippen molar-refractivity contribution in [3.05, 3.63) is 35.2 Å². The third kappa shape index (κ3) is 5.34. The Morgan fingerprint density at radius 1 is 1.18 bits per heavy atom. The van der Waals surface area contributed by atoms with Crippen molar-refractivity contribution in [1.82, 2.24) is 20.5 Å². The minimum Gasteiger partial charge on any atom is -0.346 e. The average molecular weight is 469 g/mol. The molecule has 9 heteroatoms. The number of carbonyl (C=O) groups excluding carboxylic acids is 2. The quantitative estimate of drug-likeness (QED) is 0.632. The van der Waals surface area contributed by atoms with Crippen LogP contribution in [0.2, 0.25) is 0 Å². The molecule has 2 N–H and O–H groups in total. The molecule has 1 aromatic carbocycles. The van der Waals surface area contributed by atoms with Gasteiger partial charge in [-0.1, -0.05) is 31.4 Å². The first kappa shape index (κ1) is 23.2. The van der Waals surface area contributed by atoms with Crippen LogP contribution in [0.1, 0.15) is 42.5 Å². The van der Waals surface area contributed by atoms with E-state index in [1.807, 2.05) is 18.2 Å². The number of rotatable bonds is 6. The molecular weight excluding hydrogens is 438 g/mol. The second-order valence-corrected chi connectivity index (χ2v) is 9.66. The molecular formula is C24H30N6O2S. The van der Waals surface area contributed by atoms with Crippen LogP contribution in [0.3, 0.4) is 0 Å². The summed E-state index contributed by atoms with van der Waals surface area (Å²) in [6.07, 6.45) is 3.96. The van der Waals surface area contributed by atoms with Gasteiger partial charge in [0.15, 0.2) is 5.13 Å². The van der Waals surface area contributed by atoms with Gasteiger partial charge in [0.05, 0.1) is 11.8 Å². The van der Waals surface area contributed by atoms with Crippen LogP contribution in [0.4, 0.5) is 5.13 Å². The predicted molar refractivity (Wildman–Crippen MR) is 129 cm³/mol. The number of amides is 2. The number of carbonyl (C=O) groups is 2. The van der Waals surface area contributed by atoms with Gasteiger partial charge in [-0.3, -0.25) is 9.59 Å². The highest BCUT2D eigenvalue weighted by Gasteiger charge is 2.40. The van der Waals surface area contributed by atoms with Gasteiger partial charge >= 0.3 is 0 Å². The summed E-state index contributed by atoms with van der Waals surface area (Å²) in [5.41, 5.74) is 1.42. The Labute approximate surface area is 198 Å². The zero-order valence-corrected chi connectivity index (χ0v) is 19.8. The van der Waals surface area contributed by atoms with E-state index in [1.165, 1.54) is 0 Å². The number of likely N-dealkylation sites (N-methyl/N-ethyl adjacent to an activating group) is 1. The fraction of sp³-hybridized carbons (Fsp3) is 0.500. The van der Waals surface area contributed by atoms with E-state index >= 15 is 0 Å². The fourth-order valence-electron chi connectivity index (χ4n) is 4.47. The summed E-state index contributed by atoms with van der Waals surface area (Å²) in [5.74, 6) is -0.542. The van der Waals surface area contributed by atoms with Crippen LogP contribution >= 0.6 is 11.3 Å². The van der Waals surface area contributed by atoms with E-state index in [4.69, 9.17) is 10.2 Å². The summed E-state index contributed by atoms with van der Waals surface area (Å²) in [5, 5.41) is 17.5. The van der Waals surface area contributed by atoms with Crippen molar-refractivity contribution < 1.29 is 9.59 Å². The molecule has 1 saturated carbocycles. The zero-order valence-electron chi connectivity index (χ0n) is 19.0. The number of nitrogens with zero attached hydrogens (tertiary/aromatic N) is 4. The first-order chi connectivity index (χ1) is 16.0. The van der Waals surface area contributed by atoms with Gasteiger partial charge in [0.25, 0.3) is 5.91 Å². The van der Waals surface area contributed by atoms with Gasteiger partial charge in [-0.15, -0.1) is 11.3 Å². The van der Waals surface area contributed by atoms with E-state index in [-0.39, 0.29) is 18.4 Å². The normalized spacial score (nSPS) is 18.4. The highest BCUT2D eigenvalue weighted by atomic mass is 32.1. The lowest BCUT2D eigenvalue weighted by Crippen LogP contribution is -2.59. The second kappa shape index (κ2) is 10.3. The van der Waals surface area contributed by atoms with E-state index in [0.717, 1.165) is 61.8 Å². The SMILES string of the molecule is CN1CCN(c2nc(-c3ccc([14C](=O)NC4(C(=O)NCC#N)CCCCC4)cc3)cs2)CC1. The summed E-state index contributed by atoms with van der Waals surface area (Å²) in [4.78, 5) is 35.2. The predicted octanol–water partition coefficient (Wildman–Crippen LogP) is 2.63. The van der Waals surface area contributed by atoms with E-state index < -0.39 is 5.54 Å². The summed E-state index contributed by atoms with van der Waals surface area (Å²) in [6, 6.07) is 9.30. The van der Waals surface area contributed by atoms with Gasteiger partial charge in [0.2, 0.25) is 5.91 Å². The van der Waals surface area contributed by atoms with Gasteiger partial charge in [-0.2, -0.15) is 5.26 Å². The third-order valence-electron chi connectivity index (χ3n) is 6.53. The number of aromatic nitrogens is 1. The van der Waals surface area contributed by atoms with Crippen LogP contribution in [-0.4, -0.2) is 67.0 Å². The van der Waals surface area contributed by atoms with Crippen molar-refractivity contribution in [1.29, 1.82) is 5.26 Å². The topological polar surface area (TPSA) is 101 Å². The van der Waals surface area contributed by atoms with Crippen molar-refractivity contribution in [2.24, 2.45) is 0 Å². The maximum atomic E-state index is 13.0. The second-order valence-electron chi connectivity index (χ2n) is 8.82. The molecule has 0 spiro atoms. The lowest BCUT2D eigenvalue weighted by molar-refractivity contribution is -0.128. The van der Waals surface area contributed by atoms with E-state index in [2.05, 4.69) is 32.9 Å². The minimum absolute atomic E-state index is 0.0606. The Balaban J connectivity index is 1.44. The molecule has 1 aromatic heterocycles. The maximum Gasteiger partial charge on any atom is 0.252 e. The molecule has 0 atom stereocenters. The Hall–Kier alpha value is -2.96. The van der Waals surface area contributed by atoms with Crippen molar-refractivity contribution >= 4 is 28.3 Å². The molecule has 0 unspecified atom stereocenters. The standard InChI is InChI=1S/C24H30N6O2S/c1-29-13-15-30(16-14-29)23-27-20(17-33-23)18-5-7-19(8-6-18)21(31)28-24(9-3-2-4-10-24)22(32)26-12-11-25/h5-8,17H,2-4,9-10,12-16H2,1H3,(H,26,32)(H,28,31)/i21+2.